The molecule has 0 fully saturated rings. The van der Waals surface area contributed by atoms with Crippen LogP contribution in [0.5, 0.6) is 5.75 Å². The molecule has 17 heavy (non-hydrogen) atoms. The molecule has 3 heteroatoms. The maximum Gasteiger partial charge on any atom is 0.125 e. The Kier molecular flexibility index (Phi) is 3.40. The Morgan fingerprint density at radius 3 is 2.76 bits per heavy atom. The van der Waals surface area contributed by atoms with Crippen molar-refractivity contribution in [2.45, 2.75) is 12.5 Å². The van der Waals surface area contributed by atoms with E-state index in [0.29, 0.717) is 17.6 Å². The van der Waals surface area contributed by atoms with Gasteiger partial charge in [-0.05, 0) is 16.8 Å². The number of aldehydes is 1. The molecule has 0 bridgehead atoms. The van der Waals surface area contributed by atoms with Gasteiger partial charge in [-0.25, -0.2) is 0 Å². The summed E-state index contributed by atoms with van der Waals surface area (Å²) in [6.07, 6.45) is -0.0375. The normalized spacial score (nSPS) is 12.4. The molecule has 1 unspecified atom stereocenters. The highest BCUT2D eigenvalue weighted by molar-refractivity contribution is 5.88. The lowest BCUT2D eigenvalue weighted by molar-refractivity contribution is -0.109. The molecule has 3 nitrogen and oxygen atoms in total. The van der Waals surface area contributed by atoms with Gasteiger partial charge in [0.2, 0.25) is 0 Å². The monoisotopic (exact) mass is 230 g/mol. The molecular weight excluding hydrogens is 216 g/mol. The van der Waals surface area contributed by atoms with Gasteiger partial charge in [0, 0.05) is 12.0 Å². The highest BCUT2D eigenvalue weighted by atomic mass is 16.5. The van der Waals surface area contributed by atoms with E-state index in [0.717, 1.165) is 10.8 Å². The molecule has 0 radical (unpaired) electrons. The summed E-state index contributed by atoms with van der Waals surface area (Å²) < 4.78 is 5.24. The summed E-state index contributed by atoms with van der Waals surface area (Å²) in [7, 11) is 1.56. The van der Waals surface area contributed by atoms with Crippen LogP contribution in [0.3, 0.4) is 0 Å². The fourth-order valence-electron chi connectivity index (χ4n) is 2.01. The minimum atomic E-state index is -0.825. The number of benzene rings is 2. The van der Waals surface area contributed by atoms with Gasteiger partial charge in [-0.15, -0.1) is 0 Å². The lowest BCUT2D eigenvalue weighted by Crippen LogP contribution is -2.02. The third-order valence-electron chi connectivity index (χ3n) is 2.80. The molecule has 88 valence electrons. The van der Waals surface area contributed by atoms with Crippen LogP contribution < -0.4 is 4.74 Å². The highest BCUT2D eigenvalue weighted by Gasteiger charge is 2.16. The van der Waals surface area contributed by atoms with Crippen LogP contribution in [0.2, 0.25) is 0 Å². The summed E-state index contributed by atoms with van der Waals surface area (Å²) in [5.74, 6) is 0.609. The molecule has 0 amide bonds. The predicted octanol–water partition coefficient (Wildman–Crippen LogP) is 2.47. The molecule has 0 aromatic heterocycles. The van der Waals surface area contributed by atoms with Crippen LogP contribution in [0.4, 0.5) is 0 Å². The summed E-state index contributed by atoms with van der Waals surface area (Å²) in [4.78, 5) is 10.5. The number of carbonyl (C=O) groups excluding carboxylic acids is 1. The van der Waals surface area contributed by atoms with Crippen LogP contribution in [0.1, 0.15) is 18.1 Å². The van der Waals surface area contributed by atoms with E-state index in [1.54, 1.807) is 7.11 Å². The molecule has 0 aliphatic heterocycles. The van der Waals surface area contributed by atoms with Crippen molar-refractivity contribution in [1.82, 2.24) is 0 Å². The smallest absolute Gasteiger partial charge is 0.125 e. The zero-order valence-electron chi connectivity index (χ0n) is 9.59. The third-order valence-corrected chi connectivity index (χ3v) is 2.80. The molecule has 2 aromatic carbocycles. The van der Waals surface area contributed by atoms with E-state index in [1.165, 1.54) is 0 Å². The molecule has 2 rings (SSSR count). The first-order valence-electron chi connectivity index (χ1n) is 5.45. The van der Waals surface area contributed by atoms with Gasteiger partial charge in [-0.2, -0.15) is 0 Å². The van der Waals surface area contributed by atoms with Crippen LogP contribution in [0, 0.1) is 0 Å². The van der Waals surface area contributed by atoms with Gasteiger partial charge in [0.05, 0.1) is 13.2 Å². The molecule has 0 aliphatic carbocycles. The van der Waals surface area contributed by atoms with E-state index in [1.807, 2.05) is 36.4 Å². The summed E-state index contributed by atoms with van der Waals surface area (Å²) >= 11 is 0. The Balaban J connectivity index is 2.66. The molecule has 1 N–H and O–H groups in total. The van der Waals surface area contributed by atoms with Gasteiger partial charge in [-0.1, -0.05) is 30.3 Å². The molecule has 2 aromatic rings. The van der Waals surface area contributed by atoms with Crippen molar-refractivity contribution in [3.05, 3.63) is 42.0 Å². The quantitative estimate of drug-likeness (QED) is 0.821. The van der Waals surface area contributed by atoms with Crippen LogP contribution in [-0.4, -0.2) is 18.5 Å². The minimum absolute atomic E-state index is 0.0738. The zero-order chi connectivity index (χ0) is 12.3. The van der Waals surface area contributed by atoms with E-state index in [9.17, 15) is 9.90 Å². The maximum absolute atomic E-state index is 10.5. The minimum Gasteiger partial charge on any atom is -0.496 e. The molecule has 0 saturated heterocycles. The Morgan fingerprint density at radius 2 is 2.06 bits per heavy atom. The van der Waals surface area contributed by atoms with Gasteiger partial charge in [0.1, 0.15) is 12.0 Å². The summed E-state index contributed by atoms with van der Waals surface area (Å²) in [5, 5.41) is 12.0. The molecule has 0 spiro atoms. The molecule has 0 saturated carbocycles. The molecule has 0 heterocycles. The van der Waals surface area contributed by atoms with Gasteiger partial charge in [0.25, 0.3) is 0 Å². The van der Waals surface area contributed by atoms with E-state index < -0.39 is 6.10 Å². The first kappa shape index (κ1) is 11.6. The fraction of sp³-hybridized carbons (Fsp3) is 0.214. The number of carbonyl (C=O) groups is 1. The van der Waals surface area contributed by atoms with E-state index in [2.05, 4.69) is 0 Å². The molecule has 0 aliphatic rings. The average molecular weight is 230 g/mol. The fourth-order valence-corrected chi connectivity index (χ4v) is 2.01. The number of ether oxygens (including phenoxy) is 1. The largest absolute Gasteiger partial charge is 0.496 e. The number of methoxy groups -OCH3 is 1. The number of aliphatic hydroxyl groups excluding tert-OH is 1. The van der Waals surface area contributed by atoms with E-state index in [-0.39, 0.29) is 6.42 Å². The SMILES string of the molecule is COc1ccc2ccccc2c1C(O)CC=O. The number of fused-ring (bicyclic) bond motifs is 1. The third kappa shape index (κ3) is 2.15. The summed E-state index contributed by atoms with van der Waals surface area (Å²) in [6, 6.07) is 11.5. The second-order valence-corrected chi connectivity index (χ2v) is 3.82. The van der Waals surface area contributed by atoms with Crippen LogP contribution >= 0.6 is 0 Å². The van der Waals surface area contributed by atoms with Crippen molar-refractivity contribution in [3.8, 4) is 5.75 Å². The van der Waals surface area contributed by atoms with Crippen LogP contribution in [-0.2, 0) is 4.79 Å². The summed E-state index contributed by atoms with van der Waals surface area (Å²) in [6.45, 7) is 0. The van der Waals surface area contributed by atoms with Gasteiger partial charge in [-0.3, -0.25) is 0 Å². The lowest BCUT2D eigenvalue weighted by Gasteiger charge is -2.15. The topological polar surface area (TPSA) is 46.5 Å². The van der Waals surface area contributed by atoms with E-state index >= 15 is 0 Å². The summed E-state index contributed by atoms with van der Waals surface area (Å²) in [5.41, 5.74) is 0.678. The Hall–Kier alpha value is -1.87. The second-order valence-electron chi connectivity index (χ2n) is 3.82. The standard InChI is InChI=1S/C14H14O3/c1-17-13-7-6-10-4-2-3-5-11(10)14(13)12(16)8-9-15/h2-7,9,12,16H,8H2,1H3. The average Bonchev–Trinajstić information content (AvgIpc) is 2.37. The number of aliphatic hydroxyl groups is 1. The van der Waals surface area contributed by atoms with Crippen molar-refractivity contribution in [1.29, 1.82) is 0 Å². The Bertz CT molecular complexity index is 534. The lowest BCUT2D eigenvalue weighted by atomic mass is 9.98. The van der Waals surface area contributed by atoms with Crippen molar-refractivity contribution < 1.29 is 14.6 Å². The van der Waals surface area contributed by atoms with Crippen LogP contribution in [0.15, 0.2) is 36.4 Å². The maximum atomic E-state index is 10.5. The number of rotatable bonds is 4. The zero-order valence-corrected chi connectivity index (χ0v) is 9.59. The Labute approximate surface area is 99.6 Å². The number of hydrogen-bond donors (Lipinski definition) is 1. The van der Waals surface area contributed by atoms with Gasteiger partial charge >= 0.3 is 0 Å². The van der Waals surface area contributed by atoms with Crippen molar-refractivity contribution >= 4 is 17.1 Å². The number of hydrogen-bond acceptors (Lipinski definition) is 3. The first-order chi connectivity index (χ1) is 8.27. The van der Waals surface area contributed by atoms with Crippen molar-refractivity contribution in [2.75, 3.05) is 7.11 Å². The van der Waals surface area contributed by atoms with Crippen molar-refractivity contribution in [2.24, 2.45) is 0 Å². The molecule has 1 atom stereocenters. The van der Waals surface area contributed by atoms with Gasteiger partial charge < -0.3 is 14.6 Å². The first-order valence-corrected chi connectivity index (χ1v) is 5.45. The predicted molar refractivity (Wildman–Crippen MR) is 66.1 cm³/mol. The van der Waals surface area contributed by atoms with Crippen LogP contribution in [0.25, 0.3) is 10.8 Å². The second kappa shape index (κ2) is 4.97. The Morgan fingerprint density at radius 1 is 1.29 bits per heavy atom. The highest BCUT2D eigenvalue weighted by Crippen LogP contribution is 2.33. The molecular formula is C14H14O3. The van der Waals surface area contributed by atoms with E-state index in [4.69, 9.17) is 4.74 Å². The van der Waals surface area contributed by atoms with Crippen molar-refractivity contribution in [3.63, 3.8) is 0 Å². The van der Waals surface area contributed by atoms with Gasteiger partial charge in [0.15, 0.2) is 0 Å².